The van der Waals surface area contributed by atoms with Crippen molar-refractivity contribution in [3.63, 3.8) is 0 Å². The van der Waals surface area contributed by atoms with Crippen LogP contribution in [0.4, 0.5) is 0 Å². The number of aliphatic hydroxyl groups is 1. The molecule has 0 aliphatic heterocycles. The SMILES string of the molecule is CCCCCCCCCCCCCCCCCCCCCCCC(=O)O[C@H](COC(=O)CCCCCCCCCCCCC(C)CC)COP(=O)(O)OC[C@@H](O)COP(=O)(O)OC[C@@H](COC(=O)CCCCCCCCCCC(C)CC)OC(=O)CCCCCCCCCCCC(C)C. The highest BCUT2D eigenvalue weighted by Crippen LogP contribution is 2.45. The van der Waals surface area contributed by atoms with Gasteiger partial charge in [-0.3, -0.25) is 37.3 Å². The molecule has 19 heteroatoms. The lowest BCUT2D eigenvalue weighted by atomic mass is 9.99. The molecule has 4 unspecified atom stereocenters. The number of unbranched alkanes of at least 4 members (excludes halogenated alkanes) is 44. The summed E-state index contributed by atoms with van der Waals surface area (Å²) in [5.74, 6) is 0.209. The fourth-order valence-corrected chi connectivity index (χ4v) is 13.8. The molecule has 0 aliphatic rings. The first-order chi connectivity index (χ1) is 47.8. The zero-order valence-electron chi connectivity index (χ0n) is 65.0. The van der Waals surface area contributed by atoms with E-state index in [0.717, 1.165) is 108 Å². The van der Waals surface area contributed by atoms with E-state index in [1.807, 2.05) is 0 Å². The maximum atomic E-state index is 13.1. The summed E-state index contributed by atoms with van der Waals surface area (Å²) in [5.41, 5.74) is 0. The smallest absolute Gasteiger partial charge is 0.462 e. The summed E-state index contributed by atoms with van der Waals surface area (Å²) >= 11 is 0. The standard InChI is InChI=1S/C80H156O17P2/c1-8-11-12-13-14-15-16-17-18-19-20-21-22-23-24-25-26-33-42-49-56-63-79(84)96-75(67-90-77(82)61-54-47-40-32-28-27-31-38-45-52-59-72(6)9-2)69-94-98(86,87)92-65-74(81)66-93-99(88,89)95-70-76(97-80(85)64-57-50-43-34-29-30-37-44-51-58-71(4)5)68-91-78(83)62-55-48-41-36-35-39-46-53-60-73(7)10-3/h71-76,81H,8-70H2,1-7H3,(H,86,87)(H,88,89)/t72?,73?,74-,75-,76-/m1/s1. The van der Waals surface area contributed by atoms with Crippen LogP contribution in [-0.2, 0) is 65.4 Å². The van der Waals surface area contributed by atoms with Crippen LogP contribution in [-0.4, -0.2) is 96.7 Å². The molecule has 99 heavy (non-hydrogen) atoms. The van der Waals surface area contributed by atoms with Crippen molar-refractivity contribution in [1.29, 1.82) is 0 Å². The molecule has 7 atom stereocenters. The highest BCUT2D eigenvalue weighted by molar-refractivity contribution is 7.47. The molecule has 0 bridgehead atoms. The number of esters is 4. The van der Waals surface area contributed by atoms with Crippen molar-refractivity contribution < 1.29 is 80.2 Å². The Hall–Kier alpha value is -1.94. The molecule has 0 radical (unpaired) electrons. The zero-order valence-corrected chi connectivity index (χ0v) is 66.8. The first-order valence-corrected chi connectivity index (χ1v) is 44.4. The minimum Gasteiger partial charge on any atom is -0.462 e. The van der Waals surface area contributed by atoms with E-state index in [9.17, 15) is 43.2 Å². The molecule has 588 valence electrons. The molecule has 0 aliphatic carbocycles. The highest BCUT2D eigenvalue weighted by Gasteiger charge is 2.30. The number of aliphatic hydroxyl groups excluding tert-OH is 1. The van der Waals surface area contributed by atoms with E-state index >= 15 is 0 Å². The summed E-state index contributed by atoms with van der Waals surface area (Å²) < 4.78 is 68.7. The lowest BCUT2D eigenvalue weighted by Crippen LogP contribution is -2.30. The summed E-state index contributed by atoms with van der Waals surface area (Å²) in [5, 5.41) is 10.6. The van der Waals surface area contributed by atoms with Crippen LogP contribution in [0.15, 0.2) is 0 Å². The molecule has 0 heterocycles. The van der Waals surface area contributed by atoms with Crippen LogP contribution in [0.3, 0.4) is 0 Å². The Morgan fingerprint density at radius 2 is 0.515 bits per heavy atom. The summed E-state index contributed by atoms with van der Waals surface area (Å²) in [4.78, 5) is 73.0. The van der Waals surface area contributed by atoms with Gasteiger partial charge in [-0.1, -0.05) is 363 Å². The van der Waals surface area contributed by atoms with Gasteiger partial charge in [-0.25, -0.2) is 9.13 Å². The van der Waals surface area contributed by atoms with Crippen molar-refractivity contribution in [2.24, 2.45) is 17.8 Å². The molecule has 0 amide bonds. The van der Waals surface area contributed by atoms with E-state index in [1.165, 1.54) is 225 Å². The van der Waals surface area contributed by atoms with E-state index in [2.05, 4.69) is 48.5 Å². The Morgan fingerprint density at radius 3 is 0.768 bits per heavy atom. The Balaban J connectivity index is 5.23. The second-order valence-corrected chi connectivity index (χ2v) is 32.7. The topological polar surface area (TPSA) is 237 Å². The van der Waals surface area contributed by atoms with Gasteiger partial charge in [0.25, 0.3) is 0 Å². The van der Waals surface area contributed by atoms with Gasteiger partial charge >= 0.3 is 39.5 Å². The molecule has 0 aromatic carbocycles. The molecule has 0 saturated heterocycles. The van der Waals surface area contributed by atoms with Crippen molar-refractivity contribution >= 4 is 39.5 Å². The van der Waals surface area contributed by atoms with E-state index in [-0.39, 0.29) is 25.7 Å². The minimum absolute atomic E-state index is 0.105. The van der Waals surface area contributed by atoms with Gasteiger partial charge in [0.15, 0.2) is 12.2 Å². The number of phosphoric ester groups is 2. The van der Waals surface area contributed by atoms with Gasteiger partial charge in [-0.05, 0) is 43.4 Å². The third kappa shape index (κ3) is 71.5. The average molecular weight is 1450 g/mol. The molecular formula is C80H156O17P2. The fraction of sp³-hybridized carbons (Fsp3) is 0.950. The third-order valence-corrected chi connectivity index (χ3v) is 21.3. The first kappa shape index (κ1) is 97.1. The van der Waals surface area contributed by atoms with Crippen molar-refractivity contribution in [1.82, 2.24) is 0 Å². The largest absolute Gasteiger partial charge is 0.472 e. The van der Waals surface area contributed by atoms with E-state index in [1.54, 1.807) is 0 Å². The molecule has 0 fully saturated rings. The second-order valence-electron chi connectivity index (χ2n) is 29.8. The number of phosphoric acid groups is 2. The van der Waals surface area contributed by atoms with Gasteiger partial charge in [0.05, 0.1) is 26.4 Å². The van der Waals surface area contributed by atoms with Crippen LogP contribution in [0.1, 0.15) is 414 Å². The number of carbonyl (C=O) groups is 4. The fourth-order valence-electron chi connectivity index (χ4n) is 12.2. The lowest BCUT2D eigenvalue weighted by Gasteiger charge is -2.21. The van der Waals surface area contributed by atoms with E-state index in [0.29, 0.717) is 25.7 Å². The van der Waals surface area contributed by atoms with Gasteiger partial charge in [-0.2, -0.15) is 0 Å². The van der Waals surface area contributed by atoms with Crippen molar-refractivity contribution in [2.45, 2.75) is 433 Å². The molecule has 0 rings (SSSR count). The molecule has 3 N–H and O–H groups in total. The quantitative estimate of drug-likeness (QED) is 0.0222. The molecular weight excluding hydrogens is 1290 g/mol. The van der Waals surface area contributed by atoms with Crippen LogP contribution >= 0.6 is 15.6 Å². The zero-order chi connectivity index (χ0) is 73.0. The molecule has 0 aromatic rings. The minimum atomic E-state index is -4.96. The van der Waals surface area contributed by atoms with E-state index in [4.69, 9.17) is 37.0 Å². The van der Waals surface area contributed by atoms with Crippen LogP contribution in [0.5, 0.6) is 0 Å². The predicted octanol–water partition coefficient (Wildman–Crippen LogP) is 23.7. The molecule has 0 saturated carbocycles. The molecule has 0 spiro atoms. The predicted molar refractivity (Wildman–Crippen MR) is 405 cm³/mol. The lowest BCUT2D eigenvalue weighted by molar-refractivity contribution is -0.161. The summed E-state index contributed by atoms with van der Waals surface area (Å²) in [6, 6.07) is 0. The van der Waals surface area contributed by atoms with Gasteiger partial charge in [0.1, 0.15) is 19.3 Å². The Kier molecular flexibility index (Phi) is 69.0. The Bertz CT molecular complexity index is 1930. The normalized spacial score (nSPS) is 14.5. The van der Waals surface area contributed by atoms with Gasteiger partial charge in [-0.15, -0.1) is 0 Å². The average Bonchev–Trinajstić information content (AvgIpc) is 1.09. The first-order valence-electron chi connectivity index (χ1n) is 41.4. The van der Waals surface area contributed by atoms with Crippen LogP contribution in [0.2, 0.25) is 0 Å². The Morgan fingerprint density at radius 1 is 0.293 bits per heavy atom. The van der Waals surface area contributed by atoms with Crippen LogP contribution in [0.25, 0.3) is 0 Å². The van der Waals surface area contributed by atoms with Crippen molar-refractivity contribution in [3.8, 4) is 0 Å². The monoisotopic (exact) mass is 1450 g/mol. The van der Waals surface area contributed by atoms with Crippen molar-refractivity contribution in [2.75, 3.05) is 39.6 Å². The summed E-state index contributed by atoms with van der Waals surface area (Å²) in [7, 11) is -9.92. The van der Waals surface area contributed by atoms with Gasteiger partial charge in [0, 0.05) is 25.7 Å². The Labute approximate surface area is 607 Å². The van der Waals surface area contributed by atoms with E-state index < -0.39 is 97.5 Å². The number of carbonyl (C=O) groups excluding carboxylic acids is 4. The maximum Gasteiger partial charge on any atom is 0.472 e. The second kappa shape index (κ2) is 70.4. The van der Waals surface area contributed by atoms with Gasteiger partial charge in [0.2, 0.25) is 0 Å². The van der Waals surface area contributed by atoms with Crippen molar-refractivity contribution in [3.05, 3.63) is 0 Å². The van der Waals surface area contributed by atoms with Crippen LogP contribution < -0.4 is 0 Å². The maximum absolute atomic E-state index is 13.1. The number of hydrogen-bond donors (Lipinski definition) is 3. The highest BCUT2D eigenvalue weighted by atomic mass is 31.2. The molecule has 17 nitrogen and oxygen atoms in total. The van der Waals surface area contributed by atoms with Crippen LogP contribution in [0, 0.1) is 17.8 Å². The van der Waals surface area contributed by atoms with Gasteiger partial charge < -0.3 is 33.8 Å². The molecule has 0 aromatic heterocycles. The third-order valence-electron chi connectivity index (χ3n) is 19.4. The summed E-state index contributed by atoms with van der Waals surface area (Å²) in [6.45, 7) is 11.9. The number of ether oxygens (including phenoxy) is 4. The number of rotatable bonds is 78. The summed E-state index contributed by atoms with van der Waals surface area (Å²) in [6.07, 6.45) is 58.3. The number of hydrogen-bond acceptors (Lipinski definition) is 15.